The van der Waals surface area contributed by atoms with Crippen molar-refractivity contribution in [2.24, 2.45) is 0 Å². The first kappa shape index (κ1) is 16.8. The second kappa shape index (κ2) is 8.11. The van der Waals surface area contributed by atoms with Crippen LogP contribution in [0.25, 0.3) is 0 Å². The number of nitrogens with one attached hydrogen (secondary N) is 2. The molecular weight excluding hydrogens is 280 g/mol. The standard InChI is InChI=1S/C14H21F2N3S/c1-10(12-6-5-11(15)9-13(12)16)18-14(20)17-7-4-8-19(2)3/h5-6,9-10H,4,7-8H2,1-3H3,(H2,17,18,20)/t10-/m0/s1. The van der Waals surface area contributed by atoms with Crippen LogP contribution < -0.4 is 10.6 Å². The highest BCUT2D eigenvalue weighted by molar-refractivity contribution is 7.80. The van der Waals surface area contributed by atoms with E-state index >= 15 is 0 Å². The zero-order chi connectivity index (χ0) is 15.1. The fourth-order valence-electron chi connectivity index (χ4n) is 1.78. The first-order valence-electron chi connectivity index (χ1n) is 6.54. The minimum absolute atomic E-state index is 0.315. The van der Waals surface area contributed by atoms with Crippen LogP contribution in [-0.2, 0) is 0 Å². The fourth-order valence-corrected chi connectivity index (χ4v) is 2.05. The highest BCUT2D eigenvalue weighted by Crippen LogP contribution is 2.17. The van der Waals surface area contributed by atoms with Crippen molar-refractivity contribution in [2.75, 3.05) is 27.2 Å². The van der Waals surface area contributed by atoms with Gasteiger partial charge in [0.1, 0.15) is 11.6 Å². The lowest BCUT2D eigenvalue weighted by Crippen LogP contribution is -2.38. The minimum atomic E-state index is -0.581. The largest absolute Gasteiger partial charge is 0.363 e. The summed E-state index contributed by atoms with van der Waals surface area (Å²) in [6.07, 6.45) is 0.966. The molecule has 0 bridgehead atoms. The van der Waals surface area contributed by atoms with E-state index in [4.69, 9.17) is 12.2 Å². The van der Waals surface area contributed by atoms with Gasteiger partial charge in [0.15, 0.2) is 5.11 Å². The smallest absolute Gasteiger partial charge is 0.166 e. The van der Waals surface area contributed by atoms with Crippen LogP contribution in [0.1, 0.15) is 24.9 Å². The summed E-state index contributed by atoms with van der Waals surface area (Å²) in [7, 11) is 4.02. The predicted molar refractivity (Wildman–Crippen MR) is 81.7 cm³/mol. The van der Waals surface area contributed by atoms with Crippen LogP contribution in [0.5, 0.6) is 0 Å². The van der Waals surface area contributed by atoms with Crippen LogP contribution in [0.4, 0.5) is 8.78 Å². The Kier molecular flexibility index (Phi) is 6.81. The molecule has 0 saturated heterocycles. The molecule has 0 aromatic heterocycles. The quantitative estimate of drug-likeness (QED) is 0.623. The molecule has 1 atom stereocenters. The fraction of sp³-hybridized carbons (Fsp3) is 0.500. The average molecular weight is 301 g/mol. The number of benzene rings is 1. The summed E-state index contributed by atoms with van der Waals surface area (Å²) in [5.74, 6) is -1.15. The van der Waals surface area contributed by atoms with Gasteiger partial charge in [0.25, 0.3) is 0 Å². The monoisotopic (exact) mass is 301 g/mol. The van der Waals surface area contributed by atoms with Crippen molar-refractivity contribution >= 4 is 17.3 Å². The van der Waals surface area contributed by atoms with Crippen molar-refractivity contribution in [3.05, 3.63) is 35.4 Å². The van der Waals surface area contributed by atoms with E-state index in [2.05, 4.69) is 15.5 Å². The SMILES string of the molecule is C[C@H](NC(=S)NCCCN(C)C)c1ccc(F)cc1F. The van der Waals surface area contributed by atoms with E-state index in [9.17, 15) is 8.78 Å². The lowest BCUT2D eigenvalue weighted by Gasteiger charge is -2.18. The molecule has 0 fully saturated rings. The zero-order valence-electron chi connectivity index (χ0n) is 12.0. The van der Waals surface area contributed by atoms with Crippen molar-refractivity contribution < 1.29 is 8.78 Å². The summed E-state index contributed by atoms with van der Waals surface area (Å²) < 4.78 is 26.4. The normalized spacial score (nSPS) is 12.3. The Morgan fingerprint density at radius 1 is 1.35 bits per heavy atom. The van der Waals surface area contributed by atoms with E-state index in [1.165, 1.54) is 12.1 Å². The molecule has 1 rings (SSSR count). The molecule has 0 spiro atoms. The average Bonchev–Trinajstić information content (AvgIpc) is 2.34. The topological polar surface area (TPSA) is 27.3 Å². The second-order valence-electron chi connectivity index (χ2n) is 4.94. The molecule has 1 aromatic carbocycles. The Morgan fingerprint density at radius 3 is 2.65 bits per heavy atom. The van der Waals surface area contributed by atoms with E-state index in [1.807, 2.05) is 14.1 Å². The van der Waals surface area contributed by atoms with Crippen molar-refractivity contribution in [1.29, 1.82) is 0 Å². The van der Waals surface area contributed by atoms with E-state index in [0.29, 0.717) is 10.7 Å². The van der Waals surface area contributed by atoms with Crippen LogP contribution >= 0.6 is 12.2 Å². The maximum Gasteiger partial charge on any atom is 0.166 e. The van der Waals surface area contributed by atoms with E-state index in [0.717, 1.165) is 25.6 Å². The van der Waals surface area contributed by atoms with Gasteiger partial charge in [-0.3, -0.25) is 0 Å². The first-order valence-corrected chi connectivity index (χ1v) is 6.95. The summed E-state index contributed by atoms with van der Waals surface area (Å²) in [4.78, 5) is 2.09. The molecule has 0 aliphatic rings. The van der Waals surface area contributed by atoms with Gasteiger partial charge in [-0.05, 0) is 52.3 Å². The highest BCUT2D eigenvalue weighted by Gasteiger charge is 2.12. The number of hydrogen-bond acceptors (Lipinski definition) is 2. The molecule has 0 amide bonds. The molecule has 0 saturated carbocycles. The second-order valence-corrected chi connectivity index (χ2v) is 5.35. The number of hydrogen-bond donors (Lipinski definition) is 2. The summed E-state index contributed by atoms with van der Waals surface area (Å²) >= 11 is 5.15. The Bertz CT molecular complexity index is 452. The van der Waals surface area contributed by atoms with Crippen LogP contribution in [0.2, 0.25) is 0 Å². The predicted octanol–water partition coefficient (Wildman–Crippen LogP) is 2.44. The molecule has 0 aliphatic carbocycles. The van der Waals surface area contributed by atoms with Gasteiger partial charge in [0, 0.05) is 18.2 Å². The highest BCUT2D eigenvalue weighted by atomic mass is 32.1. The van der Waals surface area contributed by atoms with Gasteiger partial charge in [0.05, 0.1) is 6.04 Å². The molecule has 0 radical (unpaired) electrons. The molecule has 2 N–H and O–H groups in total. The molecule has 0 unspecified atom stereocenters. The van der Waals surface area contributed by atoms with Crippen molar-refractivity contribution in [1.82, 2.24) is 15.5 Å². The maximum absolute atomic E-state index is 13.6. The first-order chi connectivity index (χ1) is 9.40. The van der Waals surface area contributed by atoms with Crippen molar-refractivity contribution in [3.8, 4) is 0 Å². The lowest BCUT2D eigenvalue weighted by molar-refractivity contribution is 0.399. The van der Waals surface area contributed by atoms with Gasteiger partial charge in [0.2, 0.25) is 0 Å². The Hall–Kier alpha value is -1.27. The molecule has 3 nitrogen and oxygen atoms in total. The molecule has 0 aliphatic heterocycles. The number of halogens is 2. The molecule has 6 heteroatoms. The number of thiocarbonyl (C=S) groups is 1. The maximum atomic E-state index is 13.6. The van der Waals surface area contributed by atoms with E-state index in [1.54, 1.807) is 6.92 Å². The molecule has 112 valence electrons. The number of rotatable bonds is 6. The summed E-state index contributed by atoms with van der Waals surface area (Å²) in [6, 6.07) is 3.23. The summed E-state index contributed by atoms with van der Waals surface area (Å²) in [6.45, 7) is 3.50. The molecule has 1 aromatic rings. The Balaban J connectivity index is 2.41. The Morgan fingerprint density at radius 2 is 2.05 bits per heavy atom. The van der Waals surface area contributed by atoms with Crippen LogP contribution in [-0.4, -0.2) is 37.2 Å². The lowest BCUT2D eigenvalue weighted by atomic mass is 10.1. The molecule has 0 heterocycles. The summed E-state index contributed by atoms with van der Waals surface area (Å²) in [5, 5.41) is 6.53. The van der Waals surface area contributed by atoms with E-state index < -0.39 is 11.6 Å². The third kappa shape index (κ3) is 5.79. The van der Waals surface area contributed by atoms with Crippen molar-refractivity contribution in [3.63, 3.8) is 0 Å². The van der Waals surface area contributed by atoms with Gasteiger partial charge in [-0.2, -0.15) is 0 Å². The van der Waals surface area contributed by atoms with Crippen LogP contribution in [0.15, 0.2) is 18.2 Å². The van der Waals surface area contributed by atoms with E-state index in [-0.39, 0.29) is 6.04 Å². The van der Waals surface area contributed by atoms with Crippen LogP contribution in [0, 0.1) is 11.6 Å². The molecule has 20 heavy (non-hydrogen) atoms. The summed E-state index contributed by atoms with van der Waals surface area (Å²) in [5.41, 5.74) is 0.392. The third-order valence-electron chi connectivity index (χ3n) is 2.84. The van der Waals surface area contributed by atoms with Gasteiger partial charge < -0.3 is 15.5 Å². The third-order valence-corrected chi connectivity index (χ3v) is 3.11. The Labute approximate surface area is 124 Å². The molecular formula is C14H21F2N3S. The van der Waals surface area contributed by atoms with Crippen LogP contribution in [0.3, 0.4) is 0 Å². The minimum Gasteiger partial charge on any atom is -0.363 e. The van der Waals surface area contributed by atoms with Gasteiger partial charge in [-0.25, -0.2) is 8.78 Å². The zero-order valence-corrected chi connectivity index (χ0v) is 12.9. The number of nitrogens with zero attached hydrogens (tertiary/aromatic N) is 1. The van der Waals surface area contributed by atoms with Crippen molar-refractivity contribution in [2.45, 2.75) is 19.4 Å². The van der Waals surface area contributed by atoms with Gasteiger partial charge >= 0.3 is 0 Å². The van der Waals surface area contributed by atoms with Gasteiger partial charge in [-0.15, -0.1) is 0 Å². The van der Waals surface area contributed by atoms with Gasteiger partial charge in [-0.1, -0.05) is 6.07 Å².